The van der Waals surface area contributed by atoms with E-state index in [1.54, 1.807) is 17.5 Å². The SMILES string of the molecule is O=c1[nH]ccnc1NCc1ccsc1. The molecule has 0 fully saturated rings. The van der Waals surface area contributed by atoms with E-state index in [1.165, 1.54) is 6.20 Å². The van der Waals surface area contributed by atoms with Crippen LogP contribution >= 0.6 is 11.3 Å². The Balaban J connectivity index is 2.06. The zero-order chi connectivity index (χ0) is 9.80. The molecule has 0 atom stereocenters. The van der Waals surface area contributed by atoms with Crippen LogP contribution in [0.1, 0.15) is 5.56 Å². The standard InChI is InChI=1S/C9H9N3OS/c13-9-8(10-2-3-11-9)12-5-7-1-4-14-6-7/h1-4,6H,5H2,(H,10,12)(H,11,13). The van der Waals surface area contributed by atoms with Crippen molar-refractivity contribution in [1.82, 2.24) is 9.97 Å². The first-order valence-corrected chi connectivity index (χ1v) is 5.09. The summed E-state index contributed by atoms with van der Waals surface area (Å²) in [5.41, 5.74) is 0.961. The first kappa shape index (κ1) is 8.96. The molecule has 14 heavy (non-hydrogen) atoms. The predicted octanol–water partition coefficient (Wildman–Crippen LogP) is 1.44. The molecule has 2 heterocycles. The summed E-state index contributed by atoms with van der Waals surface area (Å²) < 4.78 is 0. The maximum atomic E-state index is 11.2. The van der Waals surface area contributed by atoms with Crippen LogP contribution in [0.25, 0.3) is 0 Å². The fourth-order valence-corrected chi connectivity index (χ4v) is 1.73. The van der Waals surface area contributed by atoms with Gasteiger partial charge in [0.05, 0.1) is 0 Å². The Morgan fingerprint density at radius 1 is 1.57 bits per heavy atom. The van der Waals surface area contributed by atoms with E-state index in [9.17, 15) is 4.79 Å². The highest BCUT2D eigenvalue weighted by molar-refractivity contribution is 7.07. The molecule has 0 spiro atoms. The normalized spacial score (nSPS) is 10.0. The fraction of sp³-hybridized carbons (Fsp3) is 0.111. The molecule has 0 radical (unpaired) electrons. The topological polar surface area (TPSA) is 57.8 Å². The second-order valence-electron chi connectivity index (χ2n) is 2.75. The van der Waals surface area contributed by atoms with E-state index in [4.69, 9.17) is 0 Å². The minimum atomic E-state index is -0.192. The van der Waals surface area contributed by atoms with Gasteiger partial charge in [-0.15, -0.1) is 0 Å². The molecule has 0 saturated heterocycles. The molecule has 2 N–H and O–H groups in total. The average Bonchev–Trinajstić information content (AvgIpc) is 2.69. The third-order valence-corrected chi connectivity index (χ3v) is 2.48. The third-order valence-electron chi connectivity index (χ3n) is 1.75. The summed E-state index contributed by atoms with van der Waals surface area (Å²) >= 11 is 1.63. The van der Waals surface area contributed by atoms with Crippen LogP contribution < -0.4 is 10.9 Å². The second-order valence-corrected chi connectivity index (χ2v) is 3.53. The second kappa shape index (κ2) is 4.06. The summed E-state index contributed by atoms with van der Waals surface area (Å²) in [5, 5.41) is 7.00. The number of H-pyrrole nitrogens is 1. The van der Waals surface area contributed by atoms with E-state index in [0.717, 1.165) is 5.56 Å². The number of rotatable bonds is 3. The minimum Gasteiger partial charge on any atom is -0.361 e. The molecule has 0 amide bonds. The van der Waals surface area contributed by atoms with E-state index in [1.807, 2.05) is 16.8 Å². The van der Waals surface area contributed by atoms with Crippen LogP contribution in [0, 0.1) is 0 Å². The quantitative estimate of drug-likeness (QED) is 0.800. The molecule has 2 rings (SSSR count). The molecule has 0 aliphatic carbocycles. The van der Waals surface area contributed by atoms with Crippen LogP contribution in [-0.2, 0) is 6.54 Å². The van der Waals surface area contributed by atoms with Gasteiger partial charge in [-0.25, -0.2) is 4.98 Å². The smallest absolute Gasteiger partial charge is 0.290 e. The van der Waals surface area contributed by atoms with Gasteiger partial charge in [-0.2, -0.15) is 11.3 Å². The molecule has 0 aliphatic rings. The Kier molecular flexibility index (Phi) is 2.60. The monoisotopic (exact) mass is 207 g/mol. The molecule has 0 bridgehead atoms. The van der Waals surface area contributed by atoms with Crippen molar-refractivity contribution in [2.24, 2.45) is 0 Å². The fourth-order valence-electron chi connectivity index (χ4n) is 1.06. The van der Waals surface area contributed by atoms with E-state index >= 15 is 0 Å². The summed E-state index contributed by atoms with van der Waals surface area (Å²) in [6, 6.07) is 2.01. The zero-order valence-electron chi connectivity index (χ0n) is 7.36. The van der Waals surface area contributed by atoms with Crippen molar-refractivity contribution in [2.75, 3.05) is 5.32 Å². The lowest BCUT2D eigenvalue weighted by molar-refractivity contribution is 1.06. The van der Waals surface area contributed by atoms with Crippen molar-refractivity contribution in [1.29, 1.82) is 0 Å². The van der Waals surface area contributed by atoms with Crippen molar-refractivity contribution in [3.63, 3.8) is 0 Å². The van der Waals surface area contributed by atoms with Crippen molar-refractivity contribution >= 4 is 17.2 Å². The molecule has 0 unspecified atom stereocenters. The van der Waals surface area contributed by atoms with Crippen LogP contribution in [0.4, 0.5) is 5.82 Å². The molecule has 72 valence electrons. The molecule has 4 nitrogen and oxygen atoms in total. The molecule has 0 saturated carbocycles. The van der Waals surface area contributed by atoms with Gasteiger partial charge in [0, 0.05) is 18.9 Å². The van der Waals surface area contributed by atoms with Gasteiger partial charge >= 0.3 is 0 Å². The number of hydrogen-bond donors (Lipinski definition) is 2. The van der Waals surface area contributed by atoms with Crippen molar-refractivity contribution in [2.45, 2.75) is 6.54 Å². The van der Waals surface area contributed by atoms with Gasteiger partial charge in [-0.05, 0) is 22.4 Å². The summed E-state index contributed by atoms with van der Waals surface area (Å²) in [5.74, 6) is 0.360. The maximum Gasteiger partial charge on any atom is 0.290 e. The minimum absolute atomic E-state index is 0.192. The van der Waals surface area contributed by atoms with Crippen LogP contribution in [0.15, 0.2) is 34.0 Å². The first-order valence-electron chi connectivity index (χ1n) is 4.15. The van der Waals surface area contributed by atoms with Gasteiger partial charge in [0.25, 0.3) is 5.56 Å². The highest BCUT2D eigenvalue weighted by Crippen LogP contribution is 2.06. The highest BCUT2D eigenvalue weighted by atomic mass is 32.1. The number of aromatic amines is 1. The van der Waals surface area contributed by atoms with Gasteiger partial charge in [0.1, 0.15) is 0 Å². The molecule has 0 aromatic carbocycles. The number of nitrogens with one attached hydrogen (secondary N) is 2. The molecule has 5 heteroatoms. The highest BCUT2D eigenvalue weighted by Gasteiger charge is 1.98. The zero-order valence-corrected chi connectivity index (χ0v) is 8.17. The summed E-state index contributed by atoms with van der Waals surface area (Å²) in [6.45, 7) is 0.629. The van der Waals surface area contributed by atoms with Gasteiger partial charge in [-0.3, -0.25) is 4.79 Å². The number of aromatic nitrogens is 2. The van der Waals surface area contributed by atoms with E-state index in [0.29, 0.717) is 12.4 Å². The number of hydrogen-bond acceptors (Lipinski definition) is 4. The Hall–Kier alpha value is -1.62. The molecular weight excluding hydrogens is 198 g/mol. The largest absolute Gasteiger partial charge is 0.361 e. The first-order chi connectivity index (χ1) is 6.86. The molecule has 0 aliphatic heterocycles. The lowest BCUT2D eigenvalue weighted by Crippen LogP contribution is -2.14. The van der Waals surface area contributed by atoms with Gasteiger partial charge < -0.3 is 10.3 Å². The van der Waals surface area contributed by atoms with E-state index in [-0.39, 0.29) is 5.56 Å². The van der Waals surface area contributed by atoms with Crippen LogP contribution in [-0.4, -0.2) is 9.97 Å². The Bertz CT molecular complexity index is 449. The molecule has 2 aromatic rings. The van der Waals surface area contributed by atoms with E-state index in [2.05, 4.69) is 15.3 Å². The average molecular weight is 207 g/mol. The lowest BCUT2D eigenvalue weighted by atomic mass is 10.3. The van der Waals surface area contributed by atoms with Gasteiger partial charge in [-0.1, -0.05) is 0 Å². The summed E-state index contributed by atoms with van der Waals surface area (Å²) in [7, 11) is 0. The third kappa shape index (κ3) is 2.00. The number of anilines is 1. The number of nitrogens with zero attached hydrogens (tertiary/aromatic N) is 1. The van der Waals surface area contributed by atoms with Crippen LogP contribution in [0.5, 0.6) is 0 Å². The summed E-state index contributed by atoms with van der Waals surface area (Å²) in [4.78, 5) is 17.7. The lowest BCUT2D eigenvalue weighted by Gasteiger charge is -2.01. The molecular formula is C9H9N3OS. The van der Waals surface area contributed by atoms with Crippen LogP contribution in [0.2, 0.25) is 0 Å². The number of thiophene rings is 1. The summed E-state index contributed by atoms with van der Waals surface area (Å²) in [6.07, 6.45) is 3.06. The van der Waals surface area contributed by atoms with Crippen LogP contribution in [0.3, 0.4) is 0 Å². The predicted molar refractivity (Wildman–Crippen MR) is 56.5 cm³/mol. The maximum absolute atomic E-state index is 11.2. The Morgan fingerprint density at radius 2 is 2.50 bits per heavy atom. The Labute approximate surface area is 84.6 Å². The van der Waals surface area contributed by atoms with Crippen molar-refractivity contribution in [3.8, 4) is 0 Å². The Morgan fingerprint density at radius 3 is 3.21 bits per heavy atom. The molecule has 2 aromatic heterocycles. The van der Waals surface area contributed by atoms with Gasteiger partial charge in [0.2, 0.25) is 0 Å². The van der Waals surface area contributed by atoms with Crippen molar-refractivity contribution < 1.29 is 0 Å². The van der Waals surface area contributed by atoms with Crippen molar-refractivity contribution in [3.05, 3.63) is 45.1 Å². The van der Waals surface area contributed by atoms with E-state index < -0.39 is 0 Å². The van der Waals surface area contributed by atoms with Gasteiger partial charge in [0.15, 0.2) is 5.82 Å².